The monoisotopic (exact) mass is 675 g/mol. The van der Waals surface area contributed by atoms with Gasteiger partial charge in [0.2, 0.25) is 0 Å². The predicted molar refractivity (Wildman–Crippen MR) is 229 cm³/mol. The summed E-state index contributed by atoms with van der Waals surface area (Å²) in [4.78, 5) is 1.96. The van der Waals surface area contributed by atoms with E-state index in [4.69, 9.17) is 0 Å². The first-order chi connectivity index (χ1) is 28.0. The van der Waals surface area contributed by atoms with Crippen LogP contribution in [0.5, 0.6) is 0 Å². The zero-order valence-corrected chi connectivity index (χ0v) is 28.7. The van der Waals surface area contributed by atoms with Gasteiger partial charge in [-0.1, -0.05) is 164 Å². The summed E-state index contributed by atoms with van der Waals surface area (Å²) < 4.78 is 39.2. The summed E-state index contributed by atoms with van der Waals surface area (Å²) in [7, 11) is 0. The summed E-state index contributed by atoms with van der Waals surface area (Å²) >= 11 is 0. The van der Waals surface area contributed by atoms with Crippen LogP contribution in [0, 0.1) is 0 Å². The van der Waals surface area contributed by atoms with Gasteiger partial charge in [-0.3, -0.25) is 0 Å². The molecule has 11 rings (SSSR count). The van der Waals surface area contributed by atoms with Crippen molar-refractivity contribution in [1.29, 1.82) is 0 Å². The van der Waals surface area contributed by atoms with Crippen molar-refractivity contribution in [2.24, 2.45) is 0 Å². The first-order valence-electron chi connectivity index (χ1n) is 20.0. The smallest absolute Gasteiger partial charge is 0.0645 e. The molecule has 0 fully saturated rings. The molecule has 0 saturated carbocycles. The number of benzene rings is 11. The van der Waals surface area contributed by atoms with E-state index in [-0.39, 0.29) is 35.4 Å². The predicted octanol–water partition coefficient (Wildman–Crippen LogP) is 14.9. The van der Waals surface area contributed by atoms with Crippen molar-refractivity contribution in [2.75, 3.05) is 4.90 Å². The number of hydrogen-bond donors (Lipinski definition) is 0. The molecule has 1 heteroatoms. The summed E-state index contributed by atoms with van der Waals surface area (Å²) in [6.45, 7) is 0. The molecule has 0 spiro atoms. The third kappa shape index (κ3) is 4.64. The molecule has 0 heterocycles. The normalized spacial score (nSPS) is 12.8. The van der Waals surface area contributed by atoms with Crippen LogP contribution in [-0.2, 0) is 0 Å². The Morgan fingerprint density at radius 1 is 0.302 bits per heavy atom. The first kappa shape index (κ1) is 25.9. The van der Waals surface area contributed by atoms with Crippen LogP contribution in [0.3, 0.4) is 0 Å². The fraction of sp³-hybridized carbons (Fsp3) is 0. The lowest BCUT2D eigenvalue weighted by Crippen LogP contribution is -2.10. The molecule has 0 unspecified atom stereocenters. The van der Waals surface area contributed by atoms with Crippen LogP contribution in [-0.4, -0.2) is 0 Å². The second kappa shape index (κ2) is 11.8. The highest BCUT2D eigenvalue weighted by atomic mass is 15.1. The third-order valence-corrected chi connectivity index (χ3v) is 10.8. The molecule has 53 heavy (non-hydrogen) atoms. The molecule has 0 bridgehead atoms. The Morgan fingerprint density at radius 2 is 0.717 bits per heavy atom. The van der Waals surface area contributed by atoms with Crippen LogP contribution < -0.4 is 4.90 Å². The van der Waals surface area contributed by atoms with Crippen LogP contribution >= 0.6 is 0 Å². The number of fused-ring (bicyclic) bond motifs is 12. The van der Waals surface area contributed by atoms with E-state index in [9.17, 15) is 5.48 Å². The molecule has 0 aromatic heterocycles. The number of hydrogen-bond acceptors (Lipinski definition) is 1. The van der Waals surface area contributed by atoms with E-state index in [1.54, 1.807) is 0 Å². The van der Waals surface area contributed by atoms with Crippen molar-refractivity contribution in [2.45, 2.75) is 0 Å². The molecular formula is C52H33N. The molecule has 246 valence electrons. The summed E-state index contributed by atoms with van der Waals surface area (Å²) in [6, 6.07) is 59.7. The Labute approximate surface area is 313 Å². The summed E-state index contributed by atoms with van der Waals surface area (Å²) in [5.41, 5.74) is 2.69. The van der Waals surface area contributed by atoms with Gasteiger partial charge in [0.25, 0.3) is 0 Å². The average Bonchev–Trinajstić information content (AvgIpc) is 3.27. The largest absolute Gasteiger partial charge is 0.310 e. The SMILES string of the molecule is [2H]c1c([2H])c(N(c2ccc3c4ccccc4c4ccccc4c3c2)c2cc3ccccc3c3ccccc23)c([2H])c([2H])c1-c1cc2ccccc2c2ccccc12. The summed E-state index contributed by atoms with van der Waals surface area (Å²) in [6.07, 6.45) is 0. The molecular weight excluding hydrogens is 639 g/mol. The molecule has 0 aliphatic heterocycles. The standard InChI is InChI=1S/C52H33N/c1-3-15-39-35(13-1)31-50(46-22-9-5-17-41(39)46)34-25-27-37(28-26-34)53(52-32-36-14-2-4-16-40(36)42-18-11-12-24-49(42)52)38-29-30-48-45-21-7-6-19-43(45)44-20-8-10-23-47(44)51(48)33-38/h1-33H/i25D,26D,27D,28D. The van der Waals surface area contributed by atoms with Crippen LogP contribution in [0.2, 0.25) is 0 Å². The summed E-state index contributed by atoms with van der Waals surface area (Å²) in [5, 5.41) is 14.8. The number of anilines is 3. The highest BCUT2D eigenvalue weighted by molar-refractivity contribution is 6.26. The first-order valence-corrected chi connectivity index (χ1v) is 18.0. The van der Waals surface area contributed by atoms with Gasteiger partial charge in [-0.2, -0.15) is 0 Å². The van der Waals surface area contributed by atoms with E-state index in [0.717, 1.165) is 81.4 Å². The minimum atomic E-state index is -0.107. The van der Waals surface area contributed by atoms with Gasteiger partial charge in [0.05, 0.1) is 11.2 Å². The van der Waals surface area contributed by atoms with E-state index in [1.165, 1.54) is 5.39 Å². The molecule has 0 aliphatic carbocycles. The number of nitrogens with zero attached hydrogens (tertiary/aromatic N) is 1. The van der Waals surface area contributed by atoms with Crippen LogP contribution in [0.25, 0.3) is 86.5 Å². The van der Waals surface area contributed by atoms with Gasteiger partial charge >= 0.3 is 0 Å². The molecule has 0 N–H and O–H groups in total. The van der Waals surface area contributed by atoms with Crippen molar-refractivity contribution in [3.05, 3.63) is 200 Å². The minimum Gasteiger partial charge on any atom is -0.310 e. The van der Waals surface area contributed by atoms with Gasteiger partial charge < -0.3 is 4.90 Å². The van der Waals surface area contributed by atoms with Gasteiger partial charge in [-0.05, 0) is 117 Å². The Kier molecular flexibility index (Phi) is 5.77. The maximum absolute atomic E-state index is 9.86. The Morgan fingerprint density at radius 3 is 1.30 bits per heavy atom. The maximum atomic E-state index is 9.86. The van der Waals surface area contributed by atoms with Crippen molar-refractivity contribution < 1.29 is 5.48 Å². The topological polar surface area (TPSA) is 3.24 Å². The van der Waals surface area contributed by atoms with E-state index in [0.29, 0.717) is 5.56 Å². The lowest BCUT2D eigenvalue weighted by molar-refractivity contribution is 1.31. The molecule has 0 saturated heterocycles. The van der Waals surface area contributed by atoms with Gasteiger partial charge in [0.1, 0.15) is 0 Å². The zero-order chi connectivity index (χ0) is 38.4. The third-order valence-electron chi connectivity index (χ3n) is 10.8. The lowest BCUT2D eigenvalue weighted by atomic mass is 9.93. The van der Waals surface area contributed by atoms with Crippen LogP contribution in [0.4, 0.5) is 17.1 Å². The van der Waals surface area contributed by atoms with Crippen molar-refractivity contribution >= 4 is 92.5 Å². The summed E-state index contributed by atoms with van der Waals surface area (Å²) in [5.74, 6) is 0. The fourth-order valence-corrected chi connectivity index (χ4v) is 8.46. The van der Waals surface area contributed by atoms with Crippen molar-refractivity contribution in [3.8, 4) is 11.1 Å². The number of rotatable bonds is 4. The van der Waals surface area contributed by atoms with E-state index in [2.05, 4.69) is 109 Å². The van der Waals surface area contributed by atoms with Gasteiger partial charge in [0, 0.05) is 16.8 Å². The van der Waals surface area contributed by atoms with Crippen molar-refractivity contribution in [1.82, 2.24) is 0 Å². The second-order valence-electron chi connectivity index (χ2n) is 13.7. The molecule has 0 aliphatic rings. The van der Waals surface area contributed by atoms with E-state index >= 15 is 0 Å². The quantitative estimate of drug-likeness (QED) is 0.168. The van der Waals surface area contributed by atoms with Gasteiger partial charge in [0.15, 0.2) is 0 Å². The molecule has 0 amide bonds. The van der Waals surface area contributed by atoms with E-state index in [1.807, 2.05) is 71.6 Å². The Bertz CT molecular complexity index is 3420. The van der Waals surface area contributed by atoms with Crippen LogP contribution in [0.1, 0.15) is 5.48 Å². The van der Waals surface area contributed by atoms with Crippen molar-refractivity contribution in [3.63, 3.8) is 0 Å². The highest BCUT2D eigenvalue weighted by Crippen LogP contribution is 2.45. The lowest BCUT2D eigenvalue weighted by Gasteiger charge is -2.28. The molecule has 0 radical (unpaired) electrons. The molecule has 11 aromatic rings. The second-order valence-corrected chi connectivity index (χ2v) is 13.7. The average molecular weight is 676 g/mol. The minimum absolute atomic E-state index is 0.0845. The molecule has 1 nitrogen and oxygen atoms in total. The fourth-order valence-electron chi connectivity index (χ4n) is 8.46. The zero-order valence-electron chi connectivity index (χ0n) is 32.7. The Hall–Kier alpha value is -6.96. The highest BCUT2D eigenvalue weighted by Gasteiger charge is 2.19. The Balaban J connectivity index is 1.25. The molecule has 11 aromatic carbocycles. The van der Waals surface area contributed by atoms with Gasteiger partial charge in [-0.25, -0.2) is 0 Å². The maximum Gasteiger partial charge on any atom is 0.0645 e. The van der Waals surface area contributed by atoms with Gasteiger partial charge in [-0.15, -0.1) is 0 Å². The van der Waals surface area contributed by atoms with E-state index < -0.39 is 0 Å². The molecule has 0 atom stereocenters. The van der Waals surface area contributed by atoms with Crippen LogP contribution in [0.15, 0.2) is 200 Å².